The molecule has 12 aromatic carbocycles. The number of nitrogens with zero attached hydrogens (tertiary/aromatic N) is 6. The van der Waals surface area contributed by atoms with E-state index in [9.17, 15) is 39.9 Å². The Kier molecular flexibility index (Phi) is 26.1. The second-order valence-electron chi connectivity index (χ2n) is 32.3. The number of rotatable bonds is 28. The summed E-state index contributed by atoms with van der Waals surface area (Å²) in [7, 11) is -3.11. The maximum atomic E-state index is 16.5. The molecule has 4 aliphatic heterocycles. The highest BCUT2D eigenvalue weighted by molar-refractivity contribution is 7.59. The highest BCUT2D eigenvalue weighted by Crippen LogP contribution is 2.57. The Labute approximate surface area is 721 Å². The lowest BCUT2D eigenvalue weighted by molar-refractivity contribution is -0.435. The van der Waals surface area contributed by atoms with Gasteiger partial charge >= 0.3 is 22.5 Å². The van der Waals surface area contributed by atoms with Crippen LogP contribution in [-0.2, 0) is 86.6 Å². The molecule has 2 N–H and O–H groups in total. The van der Waals surface area contributed by atoms with Gasteiger partial charge in [-0.2, -0.15) is 19.7 Å². The number of fused-ring (bicyclic) bond motifs is 14. The molecule has 124 heavy (non-hydrogen) atoms. The number of nitriles is 2. The number of anilines is 2. The van der Waals surface area contributed by atoms with Crippen LogP contribution in [0.1, 0.15) is 97.5 Å². The Morgan fingerprint density at radius 1 is 0.468 bits per heavy atom. The average molecular weight is 1670 g/mol. The molecule has 0 bridgehead atoms. The van der Waals surface area contributed by atoms with Crippen molar-refractivity contribution < 1.29 is 65.0 Å². The van der Waals surface area contributed by atoms with Crippen molar-refractivity contribution in [2.45, 2.75) is 94.8 Å². The lowest BCUT2D eigenvalue weighted by Gasteiger charge is -2.34. The number of para-hydroxylation sites is 1. The normalized spacial score (nSPS) is 15.7. The highest BCUT2D eigenvalue weighted by atomic mass is 32.2. The molecule has 0 saturated heterocycles. The lowest BCUT2D eigenvalue weighted by Crippen LogP contribution is -2.41. The zero-order valence-corrected chi connectivity index (χ0v) is 70.4. The SMILES string of the molecule is CC1(C)C(/C(C#N)=C/C=C/C=C2\N(CCOC=O)c3ccc(C#N)cc3C2(C)C)=[N+](CCC(=O)O)c2c1c1ccccc1c1ccccc21.C\C(=C/C=C/C=C1\N(CCOC=O)c2c(F)cccc2C1(Cc1ccccc1)Cc1ccccc1)C1=[N+](CCC(=O)O)c2c(c3ccccc3c3ccccc23)C1(Cc1ccccc1)Cc1ccccc1.O=S(=O)=O. The minimum atomic E-state index is -3.11. The molecule has 0 radical (unpaired) electrons. The van der Waals surface area contributed by atoms with E-state index >= 15 is 4.39 Å². The molecular formula is C105H93FN6O11S+2. The second-order valence-corrected chi connectivity index (χ2v) is 32.7. The monoisotopic (exact) mass is 1660 g/mol. The summed E-state index contributed by atoms with van der Waals surface area (Å²) >= 11 is 0. The number of benzene rings is 12. The van der Waals surface area contributed by atoms with Crippen LogP contribution >= 0.6 is 0 Å². The van der Waals surface area contributed by atoms with Crippen LogP contribution in [0.15, 0.2) is 326 Å². The van der Waals surface area contributed by atoms with Gasteiger partial charge in [-0.05, 0) is 167 Å². The number of halogens is 1. The van der Waals surface area contributed by atoms with Gasteiger partial charge in [0.1, 0.15) is 43.5 Å². The summed E-state index contributed by atoms with van der Waals surface area (Å²) in [5, 5.41) is 49.1. The summed E-state index contributed by atoms with van der Waals surface area (Å²) in [6, 6.07) is 91.2. The van der Waals surface area contributed by atoms with E-state index in [2.05, 4.69) is 232 Å². The van der Waals surface area contributed by atoms with Crippen molar-refractivity contribution in [3.05, 3.63) is 382 Å². The standard InChI is InChI=1S/C64H55FN2O4.C41H36N4O4.O3S/c1-46(21-14-19-36-57-63(41-47-22-6-2-7-23-47,42-48-24-8-3-9-25-48)55-34-20-35-56(65)61(55)66(57)39-40-71-45-68)62-64(43-49-26-10-4-11-27-49,44-50-28-12-5-13-29-50)59-53-32-17-15-30-51(53)52-31-16-18-33-54(52)60(59)67(62)38-37-58(69)70;1-40(2)33-23-27(24-42)17-18-34(33)44(21-22-49-26-46)35(40)16-10-5-11-28(25-43)39-41(3,4)37-31-14-8-6-12-29(31)30-13-7-9-15-32(30)38(37)45(39)20-19-36(47)48;1-4(2)3/h2-36,45H,37-44H2,1H3;5-18,23,26H,19-22H2,1-4H3;/p+2. The van der Waals surface area contributed by atoms with Crippen LogP contribution < -0.4 is 9.80 Å². The molecule has 16 rings (SSSR count). The minimum absolute atomic E-state index is 0.0578. The van der Waals surface area contributed by atoms with E-state index in [4.69, 9.17) is 22.1 Å². The average Bonchev–Trinajstić information content (AvgIpc) is 1.52. The maximum absolute atomic E-state index is 16.5. The number of carbonyl (C=O) groups is 4. The van der Waals surface area contributed by atoms with Gasteiger partial charge in [0.2, 0.25) is 17.1 Å². The van der Waals surface area contributed by atoms with Gasteiger partial charge in [0.05, 0.1) is 52.0 Å². The summed E-state index contributed by atoms with van der Waals surface area (Å²) in [5.74, 6) is -2.11. The van der Waals surface area contributed by atoms with Crippen LogP contribution in [0.4, 0.5) is 27.1 Å². The zero-order chi connectivity index (χ0) is 87.3. The first kappa shape index (κ1) is 85.9. The quantitative estimate of drug-likeness (QED) is 0.0116. The van der Waals surface area contributed by atoms with Gasteiger partial charge in [0.25, 0.3) is 12.9 Å². The predicted octanol–water partition coefficient (Wildman–Crippen LogP) is 19.8. The lowest BCUT2D eigenvalue weighted by atomic mass is 9.66. The summed E-state index contributed by atoms with van der Waals surface area (Å²) in [5.41, 5.74) is 15.4. The van der Waals surface area contributed by atoms with E-state index in [1.54, 1.807) is 18.2 Å². The molecular weight excluding hydrogens is 1570 g/mol. The van der Waals surface area contributed by atoms with Crippen LogP contribution in [0.2, 0.25) is 0 Å². The van der Waals surface area contributed by atoms with Crippen LogP contribution in [0.5, 0.6) is 0 Å². The third kappa shape index (κ3) is 17.2. The largest absolute Gasteiger partial charge is 0.481 e. The number of carboxylic acids is 2. The predicted molar refractivity (Wildman–Crippen MR) is 485 cm³/mol. The van der Waals surface area contributed by atoms with Gasteiger partial charge in [-0.3, -0.25) is 19.2 Å². The fourth-order valence-corrected chi connectivity index (χ4v) is 19.5. The number of ether oxygens (including phenoxy) is 2. The second kappa shape index (κ2) is 37.6. The van der Waals surface area contributed by atoms with E-state index in [1.807, 2.05) is 113 Å². The molecule has 620 valence electrons. The number of hydrogen-bond donors (Lipinski definition) is 2. The van der Waals surface area contributed by atoms with E-state index in [0.717, 1.165) is 116 Å². The van der Waals surface area contributed by atoms with Crippen LogP contribution in [0.3, 0.4) is 0 Å². The van der Waals surface area contributed by atoms with E-state index < -0.39 is 44.2 Å². The molecule has 0 amide bonds. The summed E-state index contributed by atoms with van der Waals surface area (Å²) < 4.78 is 56.5. The van der Waals surface area contributed by atoms with Gasteiger partial charge in [0, 0.05) is 44.6 Å². The molecule has 0 aromatic heterocycles. The van der Waals surface area contributed by atoms with Gasteiger partial charge in [0.15, 0.2) is 18.8 Å². The van der Waals surface area contributed by atoms with Crippen LogP contribution in [0.25, 0.3) is 43.1 Å². The first-order valence-electron chi connectivity index (χ1n) is 41.2. The molecule has 4 heterocycles. The van der Waals surface area contributed by atoms with Gasteiger partial charge in [-0.1, -0.05) is 263 Å². The number of hydrogen-bond acceptors (Lipinski definition) is 13. The van der Waals surface area contributed by atoms with Crippen molar-refractivity contribution in [1.29, 1.82) is 10.5 Å². The molecule has 0 unspecified atom stereocenters. The fraction of sp³-hybridized carbons (Fsp3) is 0.200. The Morgan fingerprint density at radius 2 is 0.879 bits per heavy atom. The molecule has 19 heteroatoms. The topological polar surface area (TPSA) is 238 Å². The molecule has 0 saturated carbocycles. The molecule has 0 spiro atoms. The van der Waals surface area contributed by atoms with E-state index in [1.165, 1.54) is 22.8 Å². The summed E-state index contributed by atoms with van der Waals surface area (Å²) in [6.07, 6.45) is 18.2. The molecule has 4 aliphatic rings. The van der Waals surface area contributed by atoms with Gasteiger partial charge in [-0.25, -0.2) is 4.39 Å². The third-order valence-corrected chi connectivity index (χ3v) is 24.2. The number of carbonyl (C=O) groups excluding carboxylic acids is 2. The van der Waals surface area contributed by atoms with Crippen molar-refractivity contribution in [2.75, 3.05) is 49.2 Å². The minimum Gasteiger partial charge on any atom is -0.481 e. The first-order chi connectivity index (χ1) is 60.1. The van der Waals surface area contributed by atoms with Gasteiger partial charge in [-0.15, -0.1) is 12.6 Å². The Balaban J connectivity index is 0.000000206. The fourth-order valence-electron chi connectivity index (χ4n) is 19.5. The Morgan fingerprint density at radius 3 is 1.35 bits per heavy atom. The van der Waals surface area contributed by atoms with Gasteiger partial charge < -0.3 is 29.5 Å². The highest BCUT2D eigenvalue weighted by Gasteiger charge is 2.56. The molecule has 0 fully saturated rings. The van der Waals surface area contributed by atoms with Crippen LogP contribution in [0, 0.1) is 28.5 Å². The number of carboxylic acid groups (broad SMARTS) is 2. The Bertz CT molecular complexity index is 6550. The summed E-state index contributed by atoms with van der Waals surface area (Å²) in [4.78, 5) is 51.1. The van der Waals surface area contributed by atoms with Crippen molar-refractivity contribution in [3.8, 4) is 12.1 Å². The maximum Gasteiger partial charge on any atom is 0.425 e. The summed E-state index contributed by atoms with van der Waals surface area (Å²) in [6.45, 7) is 12.9. The molecule has 17 nitrogen and oxygen atoms in total. The van der Waals surface area contributed by atoms with Crippen molar-refractivity contribution in [2.24, 2.45) is 0 Å². The van der Waals surface area contributed by atoms with Crippen LogP contribution in [-0.4, -0.2) is 108 Å². The number of aliphatic carboxylic acids is 2. The smallest absolute Gasteiger partial charge is 0.425 e. The molecule has 12 aromatic rings. The van der Waals surface area contributed by atoms with Crippen molar-refractivity contribution in [1.82, 2.24) is 0 Å². The third-order valence-electron chi connectivity index (χ3n) is 24.2. The number of allylic oxidation sites excluding steroid dienone is 12. The van der Waals surface area contributed by atoms with E-state index in [0.29, 0.717) is 62.0 Å². The Hall–Kier alpha value is -14.5. The zero-order valence-electron chi connectivity index (χ0n) is 69.5. The van der Waals surface area contributed by atoms with Crippen molar-refractivity contribution in [3.63, 3.8) is 0 Å². The van der Waals surface area contributed by atoms with Crippen molar-refractivity contribution >= 4 is 113 Å². The molecule has 0 aliphatic carbocycles. The van der Waals surface area contributed by atoms with E-state index in [-0.39, 0.29) is 51.5 Å². The molecule has 0 atom stereocenters. The first-order valence-corrected chi connectivity index (χ1v) is 42.2.